The minimum absolute atomic E-state index is 0.208. The Hall–Kier alpha value is -3.83. The average molecular weight is 533 g/mol. The molecule has 0 aliphatic carbocycles. The number of aromatic nitrogens is 2. The third kappa shape index (κ3) is 5.47. The molecule has 4 aromatic rings. The predicted octanol–water partition coefficient (Wildman–Crippen LogP) is 5.17. The molecule has 0 fully saturated rings. The number of aliphatic hydroxyl groups excluding tert-OH is 1. The van der Waals surface area contributed by atoms with Crippen LogP contribution in [-0.4, -0.2) is 36.2 Å². The van der Waals surface area contributed by atoms with E-state index < -0.39 is 35.4 Å². The summed E-state index contributed by atoms with van der Waals surface area (Å²) in [6.07, 6.45) is -4.40. The smallest absolute Gasteiger partial charge is 0.416 e. The number of hydrogen-bond acceptors (Lipinski definition) is 6. The minimum atomic E-state index is -4.52. The van der Waals surface area contributed by atoms with E-state index in [0.29, 0.717) is 44.7 Å². The van der Waals surface area contributed by atoms with Crippen molar-refractivity contribution in [2.24, 2.45) is 0 Å². The van der Waals surface area contributed by atoms with E-state index in [1.807, 2.05) is 0 Å². The second-order valence-corrected chi connectivity index (χ2v) is 8.36. The number of halogens is 3. The fourth-order valence-corrected chi connectivity index (χ4v) is 4.34. The highest BCUT2D eigenvalue weighted by atomic mass is 32.1. The summed E-state index contributed by atoms with van der Waals surface area (Å²) in [5.41, 5.74) is 2.53. The number of nitrogens with zero attached hydrogens (tertiary/aromatic N) is 2. The first-order valence-corrected chi connectivity index (χ1v) is 11.6. The normalized spacial score (nSPS) is 12.0. The summed E-state index contributed by atoms with van der Waals surface area (Å²) in [5, 5.41) is 12.1. The Morgan fingerprint density at radius 2 is 1.70 bits per heavy atom. The van der Waals surface area contributed by atoms with Gasteiger partial charge in [-0.1, -0.05) is 18.2 Å². The van der Waals surface area contributed by atoms with Crippen LogP contribution in [-0.2, 0) is 22.5 Å². The van der Waals surface area contributed by atoms with Crippen molar-refractivity contribution in [2.45, 2.75) is 33.1 Å². The van der Waals surface area contributed by atoms with Gasteiger partial charge < -0.3 is 14.4 Å². The number of pyridine rings is 1. The second kappa shape index (κ2) is 11.1. The Morgan fingerprint density at radius 3 is 2.27 bits per heavy atom. The van der Waals surface area contributed by atoms with Gasteiger partial charge in [-0.3, -0.25) is 4.98 Å². The molecule has 0 amide bonds. The first-order valence-electron chi connectivity index (χ1n) is 10.9. The maximum atomic E-state index is 13.6. The molecular formula is C26H23F3N2O5S. The summed E-state index contributed by atoms with van der Waals surface area (Å²) in [7, 11) is 1.26. The average Bonchev–Trinajstić information content (AvgIpc) is 3.24. The molecule has 11 heteroatoms. The molecule has 0 saturated heterocycles. The topological polar surface area (TPSA) is 98.5 Å². The van der Waals surface area contributed by atoms with E-state index in [9.17, 15) is 23.1 Å². The van der Waals surface area contributed by atoms with Crippen molar-refractivity contribution in [3.05, 3.63) is 93.9 Å². The summed E-state index contributed by atoms with van der Waals surface area (Å²) < 4.78 is 63.9. The lowest BCUT2D eigenvalue weighted by molar-refractivity contribution is -0.137. The number of esters is 1. The molecule has 0 saturated carbocycles. The quantitative estimate of drug-likeness (QED) is 0.364. The fourth-order valence-electron chi connectivity index (χ4n) is 4.34. The molecular weight excluding hydrogens is 509 g/mol. The van der Waals surface area contributed by atoms with Gasteiger partial charge in [0.25, 0.3) is 0 Å². The molecule has 2 heterocycles. The van der Waals surface area contributed by atoms with E-state index in [2.05, 4.69) is 4.98 Å². The van der Waals surface area contributed by atoms with E-state index >= 15 is 0 Å². The SMILES string of the molecule is COC(=O)c1cnc(C)c(C(O)c2cc3c(C)cc(C(F)(F)F)cc3n2-c2ccccc2)c1C.O=S=O. The van der Waals surface area contributed by atoms with Gasteiger partial charge in [0.1, 0.15) is 6.10 Å². The lowest BCUT2D eigenvalue weighted by Crippen LogP contribution is -2.14. The van der Waals surface area contributed by atoms with Crippen LogP contribution in [0.4, 0.5) is 13.2 Å². The third-order valence-electron chi connectivity index (χ3n) is 6.04. The van der Waals surface area contributed by atoms with Crippen LogP contribution in [0.1, 0.15) is 50.1 Å². The van der Waals surface area contributed by atoms with Crippen LogP contribution >= 0.6 is 0 Å². The van der Waals surface area contributed by atoms with Crippen LogP contribution < -0.4 is 0 Å². The van der Waals surface area contributed by atoms with Crippen molar-refractivity contribution in [1.29, 1.82) is 0 Å². The molecule has 1 atom stereocenters. The first kappa shape index (κ1) is 27.8. The van der Waals surface area contributed by atoms with Crippen molar-refractivity contribution in [1.82, 2.24) is 9.55 Å². The van der Waals surface area contributed by atoms with Crippen LogP contribution in [0, 0.1) is 20.8 Å². The number of para-hydroxylation sites is 1. The maximum Gasteiger partial charge on any atom is 0.416 e. The Bertz CT molecular complexity index is 1490. The molecule has 0 spiro atoms. The standard InChI is InChI=1S/C26H23F3N2O3.O2S/c1-14-10-17(26(27,28)29)11-21-19(14)12-22(31(21)18-8-6-5-7-9-18)24(32)23-15(2)20(25(33)34-4)13-30-16(23)3;1-3-2/h5-13,24,32H,1-4H3;. The maximum absolute atomic E-state index is 13.6. The third-order valence-corrected chi connectivity index (χ3v) is 6.04. The molecule has 37 heavy (non-hydrogen) atoms. The van der Waals surface area contributed by atoms with Gasteiger partial charge in [-0.25, -0.2) is 4.79 Å². The Balaban J connectivity index is 0.00000121. The van der Waals surface area contributed by atoms with Gasteiger partial charge in [-0.2, -0.15) is 21.6 Å². The molecule has 2 aromatic heterocycles. The zero-order valence-corrected chi connectivity index (χ0v) is 21.1. The van der Waals surface area contributed by atoms with Crippen molar-refractivity contribution in [3.8, 4) is 5.69 Å². The molecule has 4 rings (SSSR count). The van der Waals surface area contributed by atoms with Crippen molar-refractivity contribution in [3.63, 3.8) is 0 Å². The molecule has 2 aromatic carbocycles. The van der Waals surface area contributed by atoms with Gasteiger partial charge in [0.2, 0.25) is 0 Å². The van der Waals surface area contributed by atoms with Crippen molar-refractivity contribution < 1.29 is 36.2 Å². The first-order chi connectivity index (χ1) is 17.5. The van der Waals surface area contributed by atoms with Gasteiger partial charge in [-0.05, 0) is 62.2 Å². The molecule has 0 bridgehead atoms. The number of fused-ring (bicyclic) bond motifs is 1. The van der Waals surface area contributed by atoms with E-state index in [4.69, 9.17) is 13.2 Å². The van der Waals surface area contributed by atoms with Gasteiger partial charge in [-0.15, -0.1) is 0 Å². The zero-order chi connectivity index (χ0) is 27.5. The van der Waals surface area contributed by atoms with Crippen LogP contribution in [0.2, 0.25) is 0 Å². The number of carbonyl (C=O) groups excluding carboxylic acids is 1. The van der Waals surface area contributed by atoms with Crippen LogP contribution in [0.15, 0.2) is 54.7 Å². The van der Waals surface area contributed by atoms with Gasteiger partial charge in [0.15, 0.2) is 0 Å². The number of aryl methyl sites for hydroxylation is 2. The van der Waals surface area contributed by atoms with E-state index in [0.717, 1.165) is 12.1 Å². The lowest BCUT2D eigenvalue weighted by atomic mass is 9.96. The number of rotatable bonds is 4. The minimum Gasteiger partial charge on any atom is -0.465 e. The Kier molecular flexibility index (Phi) is 8.29. The summed E-state index contributed by atoms with van der Waals surface area (Å²) >= 11 is -0.750. The Labute approximate surface area is 214 Å². The molecule has 1 N–H and O–H groups in total. The fraction of sp³-hybridized carbons (Fsp3) is 0.231. The number of carbonyl (C=O) groups is 1. The highest BCUT2D eigenvalue weighted by Crippen LogP contribution is 2.39. The number of benzene rings is 2. The van der Waals surface area contributed by atoms with Crippen molar-refractivity contribution in [2.75, 3.05) is 7.11 Å². The molecule has 1 unspecified atom stereocenters. The molecule has 7 nitrogen and oxygen atoms in total. The molecule has 0 aliphatic rings. The lowest BCUT2D eigenvalue weighted by Gasteiger charge is -2.20. The van der Waals surface area contributed by atoms with Crippen LogP contribution in [0.3, 0.4) is 0 Å². The molecule has 0 aliphatic heterocycles. The van der Waals surface area contributed by atoms with Gasteiger partial charge >= 0.3 is 23.7 Å². The number of methoxy groups -OCH3 is 1. The number of ether oxygens (including phenoxy) is 1. The van der Waals surface area contributed by atoms with Crippen molar-refractivity contribution >= 4 is 28.4 Å². The predicted molar refractivity (Wildman–Crippen MR) is 131 cm³/mol. The highest BCUT2D eigenvalue weighted by Gasteiger charge is 2.33. The summed E-state index contributed by atoms with van der Waals surface area (Å²) in [6.45, 7) is 5.00. The highest BCUT2D eigenvalue weighted by molar-refractivity contribution is 7.51. The van der Waals surface area contributed by atoms with Gasteiger partial charge in [0, 0.05) is 28.5 Å². The summed E-state index contributed by atoms with van der Waals surface area (Å²) in [4.78, 5) is 16.5. The van der Waals surface area contributed by atoms with Gasteiger partial charge in [0.05, 0.1) is 29.4 Å². The second-order valence-electron chi connectivity index (χ2n) is 8.22. The van der Waals surface area contributed by atoms with E-state index in [1.54, 1.807) is 61.7 Å². The number of aliphatic hydroxyl groups is 1. The zero-order valence-electron chi connectivity index (χ0n) is 20.3. The Morgan fingerprint density at radius 1 is 1.08 bits per heavy atom. The summed E-state index contributed by atoms with van der Waals surface area (Å²) in [6, 6.07) is 12.7. The largest absolute Gasteiger partial charge is 0.465 e. The number of alkyl halides is 3. The van der Waals surface area contributed by atoms with Crippen LogP contribution in [0.25, 0.3) is 16.6 Å². The number of hydrogen-bond donors (Lipinski definition) is 1. The molecule has 194 valence electrons. The monoisotopic (exact) mass is 532 g/mol. The summed E-state index contributed by atoms with van der Waals surface area (Å²) in [5.74, 6) is -0.590. The van der Waals surface area contributed by atoms with E-state index in [-0.39, 0.29) is 5.56 Å². The molecule has 0 radical (unpaired) electrons. The van der Waals surface area contributed by atoms with E-state index in [1.165, 1.54) is 13.3 Å². The van der Waals surface area contributed by atoms with Crippen LogP contribution in [0.5, 0.6) is 0 Å².